The fourth-order valence-electron chi connectivity index (χ4n) is 4.55. The Morgan fingerprint density at radius 3 is 2.42 bits per heavy atom. The van der Waals surface area contributed by atoms with Gasteiger partial charge in [0.1, 0.15) is 0 Å². The number of amides is 3. The molecule has 4 aromatic rings. The molecule has 0 unspecified atom stereocenters. The summed E-state index contributed by atoms with van der Waals surface area (Å²) < 4.78 is 10.5. The summed E-state index contributed by atoms with van der Waals surface area (Å²) in [4.78, 5) is 31.8. The van der Waals surface area contributed by atoms with Crippen LogP contribution in [0.1, 0.15) is 11.3 Å². The van der Waals surface area contributed by atoms with Crippen LogP contribution in [-0.4, -0.2) is 59.8 Å². The van der Waals surface area contributed by atoms with Gasteiger partial charge in [-0.15, -0.1) is 0 Å². The van der Waals surface area contributed by atoms with Gasteiger partial charge >= 0.3 is 6.03 Å². The van der Waals surface area contributed by atoms with Gasteiger partial charge in [-0.05, 0) is 61.4 Å². The maximum Gasteiger partial charge on any atom is 0.323 e. The van der Waals surface area contributed by atoms with Crippen molar-refractivity contribution in [2.75, 3.05) is 54.5 Å². The molecule has 0 spiro atoms. The van der Waals surface area contributed by atoms with E-state index in [0.717, 1.165) is 35.5 Å². The maximum atomic E-state index is 12.7. The Balaban J connectivity index is 1.18. The van der Waals surface area contributed by atoms with Gasteiger partial charge in [0, 0.05) is 53.5 Å². The number of morpholine rings is 1. The lowest BCUT2D eigenvalue weighted by atomic mass is 10.0. The van der Waals surface area contributed by atoms with Gasteiger partial charge in [-0.1, -0.05) is 23.9 Å². The lowest BCUT2D eigenvalue weighted by Crippen LogP contribution is -2.38. The number of urea groups is 1. The highest BCUT2D eigenvalue weighted by Gasteiger charge is 2.17. The highest BCUT2D eigenvalue weighted by Crippen LogP contribution is 2.33. The number of hydrogen-bond acceptors (Lipinski definition) is 8. The molecule has 0 saturated carbocycles. The molecule has 1 saturated heterocycles. The van der Waals surface area contributed by atoms with Crippen LogP contribution in [0.15, 0.2) is 65.2 Å². The third-order valence-electron chi connectivity index (χ3n) is 6.63. The molecule has 5 rings (SSSR count). The van der Waals surface area contributed by atoms with Crippen molar-refractivity contribution in [3.05, 3.63) is 71.9 Å². The zero-order valence-corrected chi connectivity index (χ0v) is 22.4. The van der Waals surface area contributed by atoms with E-state index >= 15 is 0 Å². The summed E-state index contributed by atoms with van der Waals surface area (Å²) in [7, 11) is 0. The first kappa shape index (κ1) is 26.9. The number of rotatable bonds is 7. The van der Waals surface area contributed by atoms with Crippen molar-refractivity contribution >= 4 is 45.9 Å². The predicted molar refractivity (Wildman–Crippen MR) is 155 cm³/mol. The van der Waals surface area contributed by atoms with Crippen LogP contribution in [0.3, 0.4) is 0 Å². The molecule has 0 bridgehead atoms. The van der Waals surface area contributed by atoms with E-state index in [-0.39, 0.29) is 11.8 Å². The smallest absolute Gasteiger partial charge is 0.323 e. The van der Waals surface area contributed by atoms with Crippen molar-refractivity contribution in [2.24, 2.45) is 0 Å². The Bertz CT molecular complexity index is 1570. The highest BCUT2D eigenvalue weighted by molar-refractivity contribution is 6.05. The van der Waals surface area contributed by atoms with E-state index in [1.807, 2.05) is 32.0 Å². The Morgan fingerprint density at radius 2 is 1.70 bits per heavy atom. The largest absolute Gasteiger partial charge is 0.379 e. The normalized spacial score (nSPS) is 13.7. The quantitative estimate of drug-likeness (QED) is 0.249. The molecular formula is C29H31N7O4. The summed E-state index contributed by atoms with van der Waals surface area (Å²) >= 11 is 0. The van der Waals surface area contributed by atoms with E-state index in [4.69, 9.17) is 15.0 Å². The lowest BCUT2D eigenvalue weighted by Gasteiger charge is -2.27. The second kappa shape index (κ2) is 11.6. The number of aromatic nitrogens is 2. The van der Waals surface area contributed by atoms with Crippen LogP contribution in [0.4, 0.5) is 27.7 Å². The average Bonchev–Trinajstić information content (AvgIpc) is 3.30. The number of nitrogens with one attached hydrogen (secondary N) is 3. The minimum Gasteiger partial charge on any atom is -0.379 e. The van der Waals surface area contributed by atoms with Gasteiger partial charge in [0.25, 0.3) is 5.91 Å². The van der Waals surface area contributed by atoms with Gasteiger partial charge in [0.05, 0.1) is 18.6 Å². The number of anilines is 4. The Kier molecular flexibility index (Phi) is 7.76. The van der Waals surface area contributed by atoms with Crippen molar-refractivity contribution in [3.8, 4) is 11.1 Å². The first-order valence-corrected chi connectivity index (χ1v) is 12.9. The van der Waals surface area contributed by atoms with Gasteiger partial charge in [-0.2, -0.15) is 0 Å². The fraction of sp³-hybridized carbons (Fsp3) is 0.241. The van der Waals surface area contributed by atoms with Gasteiger partial charge in [0.2, 0.25) is 11.5 Å². The molecular weight excluding hydrogens is 510 g/mol. The number of nitrogens with zero attached hydrogens (tertiary/aromatic N) is 3. The molecule has 1 aliphatic heterocycles. The summed E-state index contributed by atoms with van der Waals surface area (Å²) in [6.45, 7) is 11.1. The molecule has 0 atom stereocenters. The number of nitrogens with two attached hydrogens (primary N) is 1. The van der Waals surface area contributed by atoms with Crippen molar-refractivity contribution in [1.82, 2.24) is 15.0 Å². The maximum absolute atomic E-state index is 12.7. The van der Waals surface area contributed by atoms with Crippen LogP contribution in [-0.2, 0) is 9.53 Å². The van der Waals surface area contributed by atoms with Crippen LogP contribution in [0.25, 0.3) is 22.2 Å². The Morgan fingerprint density at radius 1 is 1.00 bits per heavy atom. The first-order chi connectivity index (χ1) is 19.3. The Labute approximate surface area is 231 Å². The van der Waals surface area contributed by atoms with E-state index in [1.165, 1.54) is 0 Å². The third-order valence-corrected chi connectivity index (χ3v) is 6.63. The molecule has 1 fully saturated rings. The molecule has 40 heavy (non-hydrogen) atoms. The molecule has 5 N–H and O–H groups in total. The lowest BCUT2D eigenvalue weighted by molar-refractivity contribution is -0.113. The third kappa shape index (κ3) is 6.11. The number of hydrogen-bond donors (Lipinski definition) is 4. The number of carbonyl (C=O) groups excluding carboxylic acids is 2. The van der Waals surface area contributed by atoms with Crippen LogP contribution in [0.5, 0.6) is 0 Å². The molecule has 0 aliphatic carbocycles. The minimum atomic E-state index is -0.395. The average molecular weight is 542 g/mol. The fourth-order valence-corrected chi connectivity index (χ4v) is 4.55. The number of carbonyl (C=O) groups is 2. The molecule has 11 heteroatoms. The predicted octanol–water partition coefficient (Wildman–Crippen LogP) is 4.56. The van der Waals surface area contributed by atoms with Crippen molar-refractivity contribution < 1.29 is 18.8 Å². The van der Waals surface area contributed by atoms with Gasteiger partial charge in [0.15, 0.2) is 0 Å². The molecule has 0 radical (unpaired) electrons. The summed E-state index contributed by atoms with van der Waals surface area (Å²) in [5.74, 6) is -0.0243. The standard InChI is InChI=1S/C29H31N7O4/c1-17-14-22(8-9-24(17)34-28(37)18(2)16-36-10-12-39-13-11-36)33-29(38)32-21-6-4-20(5-7-21)23-15-19(3)31-27-25(23)26(30)40-35-27/h4-9,14-15H,2,10-13,16,30H2,1,3H3,(H,34,37)(H2,32,33,38). The van der Waals surface area contributed by atoms with Crippen LogP contribution in [0, 0.1) is 13.8 Å². The SMILES string of the molecule is C=C(CN1CCOCC1)C(=O)Nc1ccc(NC(=O)Nc2ccc(-c3cc(C)nc4noc(N)c34)cc2)cc1C. The van der Waals surface area contributed by atoms with Crippen LogP contribution < -0.4 is 21.7 Å². The second-order valence-corrected chi connectivity index (χ2v) is 9.69. The zero-order valence-electron chi connectivity index (χ0n) is 22.4. The zero-order chi connectivity index (χ0) is 28.2. The first-order valence-electron chi connectivity index (χ1n) is 12.9. The monoisotopic (exact) mass is 541 g/mol. The molecule has 2 aromatic heterocycles. The number of fused-ring (bicyclic) bond motifs is 1. The summed E-state index contributed by atoms with van der Waals surface area (Å²) in [6.07, 6.45) is 0. The van der Waals surface area contributed by atoms with E-state index in [9.17, 15) is 9.59 Å². The number of nitrogen functional groups attached to an aromatic ring is 1. The summed E-state index contributed by atoms with van der Waals surface area (Å²) in [5.41, 5.74) is 12.1. The summed E-state index contributed by atoms with van der Waals surface area (Å²) in [6, 6.07) is 14.2. The van der Waals surface area contributed by atoms with E-state index in [0.29, 0.717) is 53.4 Å². The molecule has 1 aliphatic rings. The molecule has 3 heterocycles. The number of aryl methyl sites for hydroxylation is 2. The number of benzene rings is 2. The van der Waals surface area contributed by atoms with E-state index in [2.05, 4.69) is 37.6 Å². The molecule has 3 amide bonds. The molecule has 11 nitrogen and oxygen atoms in total. The summed E-state index contributed by atoms with van der Waals surface area (Å²) in [5, 5.41) is 13.1. The number of ether oxygens (including phenoxy) is 1. The van der Waals surface area contributed by atoms with Crippen molar-refractivity contribution in [3.63, 3.8) is 0 Å². The second-order valence-electron chi connectivity index (χ2n) is 9.69. The van der Waals surface area contributed by atoms with Crippen molar-refractivity contribution in [1.29, 1.82) is 0 Å². The minimum absolute atomic E-state index is 0.206. The highest BCUT2D eigenvalue weighted by atomic mass is 16.5. The van der Waals surface area contributed by atoms with E-state index < -0.39 is 6.03 Å². The van der Waals surface area contributed by atoms with Gasteiger partial charge < -0.3 is 30.9 Å². The topological polar surface area (TPSA) is 148 Å². The Hall–Kier alpha value is -4.74. The van der Waals surface area contributed by atoms with Crippen LogP contribution in [0.2, 0.25) is 0 Å². The van der Waals surface area contributed by atoms with Gasteiger partial charge in [-0.3, -0.25) is 9.69 Å². The number of pyridine rings is 1. The van der Waals surface area contributed by atoms with Crippen molar-refractivity contribution in [2.45, 2.75) is 13.8 Å². The van der Waals surface area contributed by atoms with Crippen LogP contribution >= 0.6 is 0 Å². The van der Waals surface area contributed by atoms with E-state index in [1.54, 1.807) is 30.3 Å². The van der Waals surface area contributed by atoms with Gasteiger partial charge in [-0.25, -0.2) is 9.78 Å². The molecule has 206 valence electrons. The molecule has 2 aromatic carbocycles.